The predicted molar refractivity (Wildman–Crippen MR) is 57.3 cm³/mol. The maximum absolute atomic E-state index is 11.5. The first-order valence-electron chi connectivity index (χ1n) is 4.71. The van der Waals surface area contributed by atoms with E-state index in [1.807, 2.05) is 0 Å². The molecular weight excluding hydrogens is 454 g/mol. The van der Waals surface area contributed by atoms with Crippen LogP contribution in [0.25, 0.3) is 0 Å². The van der Waals surface area contributed by atoms with Crippen molar-refractivity contribution in [3.05, 3.63) is 29.8 Å². The van der Waals surface area contributed by atoms with Crippen molar-refractivity contribution in [3.63, 3.8) is 0 Å². The van der Waals surface area contributed by atoms with E-state index in [9.17, 15) is 33.5 Å². The fraction of sp³-hybridized carbons (Fsp3) is 0.125. The summed E-state index contributed by atoms with van der Waals surface area (Å²) in [5.41, 5.74) is 2.48. The molecule has 0 aromatic heterocycles. The molecule has 0 aliphatic rings. The van der Waals surface area contributed by atoms with E-state index in [1.54, 1.807) is 0 Å². The minimum atomic E-state index is -5.83. The van der Waals surface area contributed by atoms with Crippen LogP contribution in [-0.4, -0.2) is 11.4 Å². The molecule has 15 heteroatoms. The summed E-state index contributed by atoms with van der Waals surface area (Å²) in [6, 6.07) is 4.93. The van der Waals surface area contributed by atoms with Gasteiger partial charge in [-0.15, -0.1) is 0 Å². The predicted octanol–water partition coefficient (Wildman–Crippen LogP) is -14.9. The number of amides is 1. The maximum atomic E-state index is 11.5. The smallest absolute Gasteiger partial charge is 0.809 e. The summed E-state index contributed by atoms with van der Waals surface area (Å²) in [5.74, 6) is -1.19. The van der Waals surface area contributed by atoms with Crippen molar-refractivity contribution in [2.24, 2.45) is 0 Å². The van der Waals surface area contributed by atoms with Crippen molar-refractivity contribution in [2.75, 3.05) is 5.73 Å². The molecule has 0 aliphatic heterocycles. The van der Waals surface area contributed by atoms with Crippen molar-refractivity contribution in [1.82, 2.24) is 5.32 Å². The Morgan fingerprint density at radius 3 is 1.57 bits per heavy atom. The molecule has 0 unspecified atom stereocenters. The van der Waals surface area contributed by atoms with Crippen LogP contribution in [0.15, 0.2) is 24.3 Å². The summed E-state index contributed by atoms with van der Waals surface area (Å²) in [4.78, 5) is 54.2. The van der Waals surface area contributed by atoms with Gasteiger partial charge in [0.15, 0.2) is 0 Å². The van der Waals surface area contributed by atoms with Gasteiger partial charge in [-0.1, -0.05) is 0 Å². The first kappa shape index (κ1) is 35.8. The molecule has 9 nitrogen and oxygen atoms in total. The second kappa shape index (κ2) is 16.1. The zero-order valence-electron chi connectivity index (χ0n) is 13.2. The van der Waals surface area contributed by atoms with Crippen LogP contribution < -0.4 is 236 Å². The van der Waals surface area contributed by atoms with Gasteiger partial charge in [-0.05, 0) is 39.5 Å². The number of carbonyl (C=O) groups is 1. The Kier molecular flexibility index (Phi) is 25.0. The number of nitrogen functional groups attached to an aromatic ring is 1. The van der Waals surface area contributed by atoms with Crippen LogP contribution in [0.5, 0.6) is 0 Å². The van der Waals surface area contributed by atoms with Gasteiger partial charge in [-0.25, -0.2) is 0 Å². The molecule has 0 aliphatic carbocycles. The molecule has 1 amide bonds. The van der Waals surface area contributed by atoms with E-state index in [-0.39, 0.29) is 211 Å². The molecule has 0 bridgehead atoms. The van der Waals surface area contributed by atoms with E-state index in [0.29, 0.717) is 5.69 Å². The van der Waals surface area contributed by atoms with Gasteiger partial charge in [0.05, 0.1) is 5.52 Å². The minimum Gasteiger partial charge on any atom is -0.809 e. The number of hydrogen-bond acceptors (Lipinski definition) is 8. The second-order valence-corrected chi connectivity index (χ2v) is 7.15. The quantitative estimate of drug-likeness (QED) is 0.251. The number of rotatable bonds is 4. The molecule has 1 rings (SSSR count). The molecule has 3 N–H and O–H groups in total. The monoisotopic (exact) mass is 462 g/mol. The van der Waals surface area contributed by atoms with Crippen LogP contribution in [-0.2, 0) is 9.13 Å². The number of anilines is 1. The Bertz CT molecular complexity index is 554. The molecule has 1 aromatic rings. The van der Waals surface area contributed by atoms with Crippen molar-refractivity contribution in [2.45, 2.75) is 5.52 Å². The standard InChI is InChI=1S/C8H12N2O7P2.4K/c9-6-3-1-5(2-4-6)7(11)10-8(18(12,13)14)19(15,16)17;;;;/h1-4,8H,9H2,(H,10,11)(H2,12,13,14)(H2,15,16,17);;;;/q;4*+1/p-4. The van der Waals surface area contributed by atoms with Crippen LogP contribution in [0.3, 0.4) is 0 Å². The van der Waals surface area contributed by atoms with Crippen LogP contribution in [0.4, 0.5) is 5.69 Å². The molecule has 0 saturated carbocycles. The Balaban J connectivity index is -0.000000451. The molecular formula is C8H8K4N2O7P2. The van der Waals surface area contributed by atoms with E-state index >= 15 is 0 Å². The first-order valence-corrected chi connectivity index (χ1v) is 7.94. The third-order valence-corrected chi connectivity index (χ3v) is 5.19. The molecule has 0 heterocycles. The number of carbonyl (C=O) groups excluding carboxylic acids is 1. The van der Waals surface area contributed by atoms with Gasteiger partial charge >= 0.3 is 206 Å². The van der Waals surface area contributed by atoms with Crippen LogP contribution in [0.1, 0.15) is 10.4 Å². The number of hydrogen-bond donors (Lipinski definition) is 2. The van der Waals surface area contributed by atoms with E-state index in [0.717, 1.165) is 0 Å². The fourth-order valence-corrected chi connectivity index (χ4v) is 3.10. The Morgan fingerprint density at radius 2 is 1.26 bits per heavy atom. The minimum absolute atomic E-state index is 0. The van der Waals surface area contributed by atoms with Gasteiger partial charge in [0.2, 0.25) is 0 Å². The third-order valence-electron chi connectivity index (χ3n) is 2.03. The van der Waals surface area contributed by atoms with Crippen molar-refractivity contribution in [3.8, 4) is 0 Å². The molecule has 23 heavy (non-hydrogen) atoms. The average Bonchev–Trinajstić information content (AvgIpc) is 2.23. The SMILES string of the molecule is Nc1ccc(C(=O)NC(P(=O)([O-])[O-])P(=O)([O-])[O-])cc1.[K+].[K+].[K+].[K+]. The van der Waals surface area contributed by atoms with Crippen molar-refractivity contribution >= 4 is 26.8 Å². The van der Waals surface area contributed by atoms with Crippen LogP contribution >= 0.6 is 15.2 Å². The first-order chi connectivity index (χ1) is 8.51. The summed E-state index contributed by atoms with van der Waals surface area (Å²) in [6.07, 6.45) is 0. The van der Waals surface area contributed by atoms with Crippen LogP contribution in [0, 0.1) is 0 Å². The van der Waals surface area contributed by atoms with Gasteiger partial charge in [0.25, 0.3) is 5.91 Å². The van der Waals surface area contributed by atoms with Gasteiger partial charge in [-0.2, -0.15) is 0 Å². The normalized spacial score (nSPS) is 10.3. The summed E-state index contributed by atoms with van der Waals surface area (Å²) in [5, 5.41) is 1.38. The molecule has 0 saturated heterocycles. The Hall–Kier alpha value is 5.34. The summed E-state index contributed by atoms with van der Waals surface area (Å²) in [6.45, 7) is 0. The Labute approximate surface area is 303 Å². The molecule has 0 atom stereocenters. The zero-order chi connectivity index (χ0) is 14.8. The third kappa shape index (κ3) is 14.1. The number of benzene rings is 1. The van der Waals surface area contributed by atoms with E-state index < -0.39 is 26.6 Å². The molecule has 0 radical (unpaired) electrons. The van der Waals surface area contributed by atoms with Crippen LogP contribution in [0.2, 0.25) is 0 Å². The average molecular weight is 462 g/mol. The van der Waals surface area contributed by atoms with Crippen molar-refractivity contribution in [1.29, 1.82) is 0 Å². The van der Waals surface area contributed by atoms with Crippen molar-refractivity contribution < 1.29 is 239 Å². The summed E-state index contributed by atoms with van der Waals surface area (Å²) >= 11 is 0. The largest absolute Gasteiger partial charge is 1.00 e. The molecule has 0 fully saturated rings. The van der Waals surface area contributed by atoms with Gasteiger partial charge in [0, 0.05) is 11.3 Å². The molecule has 106 valence electrons. The van der Waals surface area contributed by atoms with E-state index in [1.165, 1.54) is 29.6 Å². The van der Waals surface area contributed by atoms with Gasteiger partial charge < -0.3 is 39.8 Å². The number of nitrogens with two attached hydrogens (primary N) is 1. The Morgan fingerprint density at radius 1 is 0.913 bits per heavy atom. The summed E-state index contributed by atoms with van der Waals surface area (Å²) in [7, 11) is -11.7. The van der Waals surface area contributed by atoms with Gasteiger partial charge in [0.1, 0.15) is 0 Å². The van der Waals surface area contributed by atoms with Gasteiger partial charge in [-0.3, -0.25) is 4.79 Å². The second-order valence-electron chi connectivity index (χ2n) is 3.55. The maximum Gasteiger partial charge on any atom is 1.00 e. The zero-order valence-corrected chi connectivity index (χ0v) is 27.5. The topological polar surface area (TPSA) is 182 Å². The van der Waals surface area contributed by atoms with E-state index in [4.69, 9.17) is 5.73 Å². The van der Waals surface area contributed by atoms with E-state index in [2.05, 4.69) is 0 Å². The molecule has 1 aromatic carbocycles. The summed E-state index contributed by atoms with van der Waals surface area (Å²) < 4.78 is 21.3. The fourth-order valence-electron chi connectivity index (χ4n) is 1.17. The molecule has 0 spiro atoms. The number of nitrogens with one attached hydrogen (secondary N) is 1.